The van der Waals surface area contributed by atoms with Gasteiger partial charge in [-0.1, -0.05) is 19.1 Å². The van der Waals surface area contributed by atoms with Crippen LogP contribution in [0.1, 0.15) is 42.6 Å². The van der Waals surface area contributed by atoms with Crippen LogP contribution in [-0.4, -0.2) is 5.11 Å². The first-order chi connectivity index (χ1) is 10.1. The molecule has 1 saturated carbocycles. The number of fused-ring (bicyclic) bond motifs is 1. The van der Waals surface area contributed by atoms with Crippen molar-refractivity contribution in [3.05, 3.63) is 59.5 Å². The molecule has 3 nitrogen and oxygen atoms in total. The Labute approximate surface area is 121 Å². The second-order valence-corrected chi connectivity index (χ2v) is 5.77. The highest BCUT2D eigenvalue weighted by atomic mass is 19.1. The summed E-state index contributed by atoms with van der Waals surface area (Å²) in [5, 5.41) is 11.0. The summed E-state index contributed by atoms with van der Waals surface area (Å²) in [4.78, 5) is 0. The SMILES string of the molecule is CC1CC1c1ccc(C(O)c2cc3cccc(F)c3o2)o1. The second-order valence-electron chi connectivity index (χ2n) is 5.77. The molecule has 1 aromatic carbocycles. The van der Waals surface area contributed by atoms with E-state index in [1.807, 2.05) is 6.07 Å². The van der Waals surface area contributed by atoms with Crippen molar-refractivity contribution >= 4 is 11.0 Å². The van der Waals surface area contributed by atoms with Crippen LogP contribution < -0.4 is 0 Å². The quantitative estimate of drug-likeness (QED) is 0.777. The highest BCUT2D eigenvalue weighted by Gasteiger charge is 2.37. The van der Waals surface area contributed by atoms with Crippen molar-refractivity contribution in [1.29, 1.82) is 0 Å². The zero-order valence-electron chi connectivity index (χ0n) is 11.5. The van der Waals surface area contributed by atoms with Gasteiger partial charge >= 0.3 is 0 Å². The fourth-order valence-corrected chi connectivity index (χ4v) is 2.76. The van der Waals surface area contributed by atoms with Crippen molar-refractivity contribution < 1.29 is 18.3 Å². The number of rotatable bonds is 3. The Hall–Kier alpha value is -2.07. The average Bonchev–Trinajstić information content (AvgIpc) is 2.94. The van der Waals surface area contributed by atoms with Crippen molar-refractivity contribution in [2.24, 2.45) is 5.92 Å². The largest absolute Gasteiger partial charge is 0.463 e. The normalized spacial score (nSPS) is 22.6. The smallest absolute Gasteiger partial charge is 0.170 e. The van der Waals surface area contributed by atoms with E-state index in [2.05, 4.69) is 6.92 Å². The fraction of sp³-hybridized carbons (Fsp3) is 0.294. The molecular weight excluding hydrogens is 271 g/mol. The molecule has 2 aromatic heterocycles. The molecule has 1 aliphatic carbocycles. The van der Waals surface area contributed by atoms with Crippen LogP contribution >= 0.6 is 0 Å². The molecule has 2 heterocycles. The van der Waals surface area contributed by atoms with Crippen LogP contribution in [-0.2, 0) is 0 Å². The first-order valence-corrected chi connectivity index (χ1v) is 7.09. The van der Waals surface area contributed by atoms with Gasteiger partial charge in [-0.05, 0) is 36.6 Å². The Morgan fingerprint density at radius 1 is 1.19 bits per heavy atom. The molecule has 21 heavy (non-hydrogen) atoms. The number of hydrogen-bond acceptors (Lipinski definition) is 3. The summed E-state index contributed by atoms with van der Waals surface area (Å²) in [5.74, 6) is 2.29. The third kappa shape index (κ3) is 2.07. The fourth-order valence-electron chi connectivity index (χ4n) is 2.76. The van der Waals surface area contributed by atoms with Gasteiger partial charge in [-0.15, -0.1) is 0 Å². The zero-order chi connectivity index (χ0) is 14.6. The minimum atomic E-state index is -1.01. The van der Waals surface area contributed by atoms with Gasteiger partial charge in [-0.3, -0.25) is 0 Å². The van der Waals surface area contributed by atoms with Crippen LogP contribution in [0.4, 0.5) is 4.39 Å². The molecule has 3 atom stereocenters. The third-order valence-electron chi connectivity index (χ3n) is 4.18. The monoisotopic (exact) mass is 286 g/mol. The minimum Gasteiger partial charge on any atom is -0.463 e. The van der Waals surface area contributed by atoms with Crippen LogP contribution in [0.25, 0.3) is 11.0 Å². The molecule has 108 valence electrons. The van der Waals surface area contributed by atoms with Gasteiger partial charge in [-0.25, -0.2) is 4.39 Å². The number of hydrogen-bond donors (Lipinski definition) is 1. The summed E-state index contributed by atoms with van der Waals surface area (Å²) in [6.45, 7) is 2.17. The van der Waals surface area contributed by atoms with Crippen molar-refractivity contribution in [3.63, 3.8) is 0 Å². The summed E-state index contributed by atoms with van der Waals surface area (Å²) >= 11 is 0. The maximum atomic E-state index is 13.6. The summed E-state index contributed by atoms with van der Waals surface area (Å²) in [6.07, 6.45) is 0.110. The molecule has 3 aromatic rings. The lowest BCUT2D eigenvalue weighted by Gasteiger charge is -2.03. The molecule has 0 spiro atoms. The highest BCUT2D eigenvalue weighted by Crippen LogP contribution is 2.47. The lowest BCUT2D eigenvalue weighted by atomic mass is 10.2. The maximum absolute atomic E-state index is 13.6. The number of furan rings is 2. The molecule has 4 heteroatoms. The summed E-state index contributed by atoms with van der Waals surface area (Å²) in [5.41, 5.74) is 0.161. The van der Waals surface area contributed by atoms with E-state index in [0.717, 1.165) is 12.2 Å². The summed E-state index contributed by atoms with van der Waals surface area (Å²) in [7, 11) is 0. The number of para-hydroxylation sites is 1. The predicted molar refractivity (Wildman–Crippen MR) is 75.5 cm³/mol. The van der Waals surface area contributed by atoms with Gasteiger partial charge < -0.3 is 13.9 Å². The maximum Gasteiger partial charge on any atom is 0.170 e. The third-order valence-corrected chi connectivity index (χ3v) is 4.18. The molecule has 3 unspecified atom stereocenters. The highest BCUT2D eigenvalue weighted by molar-refractivity contribution is 5.78. The van der Waals surface area contributed by atoms with Gasteiger partial charge in [0.15, 0.2) is 17.5 Å². The summed E-state index contributed by atoms with van der Waals surface area (Å²) < 4.78 is 24.8. The van der Waals surface area contributed by atoms with E-state index < -0.39 is 11.9 Å². The topological polar surface area (TPSA) is 46.5 Å². The Morgan fingerprint density at radius 2 is 2.00 bits per heavy atom. The molecule has 0 radical (unpaired) electrons. The Morgan fingerprint density at radius 3 is 2.71 bits per heavy atom. The zero-order valence-corrected chi connectivity index (χ0v) is 11.5. The first-order valence-electron chi connectivity index (χ1n) is 7.09. The summed E-state index contributed by atoms with van der Waals surface area (Å²) in [6, 6.07) is 10.00. The van der Waals surface area contributed by atoms with E-state index in [0.29, 0.717) is 28.7 Å². The van der Waals surface area contributed by atoms with Gasteiger partial charge in [0, 0.05) is 11.3 Å². The molecule has 1 fully saturated rings. The average molecular weight is 286 g/mol. The van der Waals surface area contributed by atoms with Crippen molar-refractivity contribution in [2.45, 2.75) is 25.4 Å². The van der Waals surface area contributed by atoms with Gasteiger partial charge in [-0.2, -0.15) is 0 Å². The van der Waals surface area contributed by atoms with E-state index in [1.165, 1.54) is 6.07 Å². The standard InChI is InChI=1S/C17H15FO3/c1-9-7-11(9)13-5-6-14(20-13)16(19)15-8-10-3-2-4-12(18)17(10)21-15/h2-6,8-9,11,16,19H,7H2,1H3. The molecule has 0 amide bonds. The number of aliphatic hydroxyl groups is 1. The molecule has 0 saturated heterocycles. The lowest BCUT2D eigenvalue weighted by Crippen LogP contribution is -1.95. The molecule has 1 N–H and O–H groups in total. The number of aliphatic hydroxyl groups excluding tert-OH is 1. The van der Waals surface area contributed by atoms with E-state index in [9.17, 15) is 9.50 Å². The van der Waals surface area contributed by atoms with Crippen LogP contribution in [0.5, 0.6) is 0 Å². The van der Waals surface area contributed by atoms with E-state index in [-0.39, 0.29) is 5.58 Å². The molecule has 4 rings (SSSR count). The van der Waals surface area contributed by atoms with Gasteiger partial charge in [0.2, 0.25) is 0 Å². The van der Waals surface area contributed by atoms with Crippen LogP contribution in [0.2, 0.25) is 0 Å². The van der Waals surface area contributed by atoms with Crippen LogP contribution in [0.15, 0.2) is 45.2 Å². The second kappa shape index (κ2) is 4.46. The van der Waals surface area contributed by atoms with Crippen LogP contribution in [0.3, 0.4) is 0 Å². The first kappa shape index (κ1) is 12.7. The lowest BCUT2D eigenvalue weighted by molar-refractivity contribution is 0.162. The Bertz CT molecular complexity index is 801. The van der Waals surface area contributed by atoms with Gasteiger partial charge in [0.25, 0.3) is 0 Å². The van der Waals surface area contributed by atoms with Crippen molar-refractivity contribution in [2.75, 3.05) is 0 Å². The van der Waals surface area contributed by atoms with Gasteiger partial charge in [0.1, 0.15) is 17.3 Å². The molecule has 1 aliphatic rings. The Balaban J connectivity index is 1.67. The van der Waals surface area contributed by atoms with Crippen molar-refractivity contribution in [3.8, 4) is 0 Å². The van der Waals surface area contributed by atoms with Crippen LogP contribution in [0, 0.1) is 11.7 Å². The van der Waals surface area contributed by atoms with Crippen molar-refractivity contribution in [1.82, 2.24) is 0 Å². The molecule has 0 aliphatic heterocycles. The minimum absolute atomic E-state index is 0.161. The number of benzene rings is 1. The number of halogens is 1. The van der Waals surface area contributed by atoms with Gasteiger partial charge in [0.05, 0.1) is 0 Å². The van der Waals surface area contributed by atoms with E-state index in [4.69, 9.17) is 8.83 Å². The predicted octanol–water partition coefficient (Wildman–Crippen LogP) is 4.37. The van der Waals surface area contributed by atoms with E-state index >= 15 is 0 Å². The Kier molecular flexibility index (Phi) is 2.69. The van der Waals surface area contributed by atoms with E-state index in [1.54, 1.807) is 24.3 Å². The molecular formula is C17H15FO3. The molecule has 0 bridgehead atoms.